The molecule has 0 bridgehead atoms. The Labute approximate surface area is 90.2 Å². The molecule has 0 aliphatic rings. The molecule has 84 valence electrons. The van der Waals surface area contributed by atoms with Crippen molar-refractivity contribution in [2.45, 2.75) is 26.2 Å². The van der Waals surface area contributed by atoms with Crippen LogP contribution in [0, 0.1) is 5.82 Å². The third-order valence-corrected chi connectivity index (χ3v) is 2.67. The lowest BCUT2D eigenvalue weighted by Crippen LogP contribution is -2.10. The molecule has 3 heteroatoms. The van der Waals surface area contributed by atoms with Gasteiger partial charge in [0.15, 0.2) is 0 Å². The highest BCUT2D eigenvalue weighted by Crippen LogP contribution is 2.27. The van der Waals surface area contributed by atoms with Gasteiger partial charge >= 0.3 is 0 Å². The van der Waals surface area contributed by atoms with Crippen molar-refractivity contribution in [3.05, 3.63) is 29.1 Å². The molecule has 0 spiro atoms. The second-order valence-corrected chi connectivity index (χ2v) is 3.67. The molecular weight excluding hydrogens is 193 g/mol. The lowest BCUT2D eigenvalue weighted by molar-refractivity contribution is 0.404. The Morgan fingerprint density at radius 3 is 2.60 bits per heavy atom. The second kappa shape index (κ2) is 5.12. The Hall–Kier alpha value is -1.09. The van der Waals surface area contributed by atoms with Gasteiger partial charge in [-0.3, -0.25) is 0 Å². The molecule has 1 unspecified atom stereocenters. The summed E-state index contributed by atoms with van der Waals surface area (Å²) in [7, 11) is 1.56. The third-order valence-electron chi connectivity index (χ3n) is 2.67. The topological polar surface area (TPSA) is 35.2 Å². The van der Waals surface area contributed by atoms with Crippen molar-refractivity contribution in [2.75, 3.05) is 13.7 Å². The minimum Gasteiger partial charge on any atom is -0.496 e. The molecule has 0 saturated carbocycles. The zero-order valence-corrected chi connectivity index (χ0v) is 9.51. The summed E-state index contributed by atoms with van der Waals surface area (Å²) in [5.74, 6) is 0.569. The quantitative estimate of drug-likeness (QED) is 0.830. The van der Waals surface area contributed by atoms with Gasteiger partial charge in [0.05, 0.1) is 7.11 Å². The summed E-state index contributed by atoms with van der Waals surface area (Å²) in [6, 6.07) is 3.43. The molecule has 0 amide bonds. The number of halogens is 1. The van der Waals surface area contributed by atoms with Crippen molar-refractivity contribution >= 4 is 0 Å². The van der Waals surface area contributed by atoms with Crippen LogP contribution >= 0.6 is 0 Å². The summed E-state index contributed by atoms with van der Waals surface area (Å²) >= 11 is 0. The van der Waals surface area contributed by atoms with E-state index in [4.69, 9.17) is 10.5 Å². The van der Waals surface area contributed by atoms with Crippen molar-refractivity contribution in [3.63, 3.8) is 0 Å². The minimum absolute atomic E-state index is 0.152. The molecule has 2 nitrogen and oxygen atoms in total. The van der Waals surface area contributed by atoms with Gasteiger partial charge in [-0.05, 0) is 36.6 Å². The predicted octanol–water partition coefficient (Wildman–Crippen LogP) is 2.46. The van der Waals surface area contributed by atoms with Gasteiger partial charge in [0.25, 0.3) is 0 Å². The van der Waals surface area contributed by atoms with E-state index in [1.165, 1.54) is 0 Å². The summed E-state index contributed by atoms with van der Waals surface area (Å²) in [4.78, 5) is 0. The number of nitrogens with two attached hydrogens (primary N) is 1. The number of benzene rings is 1. The van der Waals surface area contributed by atoms with Crippen LogP contribution < -0.4 is 10.5 Å². The zero-order valence-electron chi connectivity index (χ0n) is 9.51. The van der Waals surface area contributed by atoms with Crippen molar-refractivity contribution in [2.24, 2.45) is 5.73 Å². The van der Waals surface area contributed by atoms with Crippen LogP contribution in [0.2, 0.25) is 0 Å². The summed E-state index contributed by atoms with van der Waals surface area (Å²) in [5, 5.41) is 0. The molecule has 2 N–H and O–H groups in total. The Morgan fingerprint density at radius 1 is 1.47 bits per heavy atom. The maximum Gasteiger partial charge on any atom is 0.130 e. The number of methoxy groups -OCH3 is 1. The van der Waals surface area contributed by atoms with Gasteiger partial charge < -0.3 is 10.5 Å². The number of ether oxygens (including phenoxy) is 1. The normalized spacial score (nSPS) is 12.6. The molecule has 0 fully saturated rings. The standard InChI is InChI=1S/C12H18FNO/c1-4-10-11(13)5-9(8(2)7-14)6-12(10)15-3/h5-6,8H,4,7,14H2,1-3H3. The predicted molar refractivity (Wildman–Crippen MR) is 59.8 cm³/mol. The fraction of sp³-hybridized carbons (Fsp3) is 0.500. The molecule has 0 radical (unpaired) electrons. The number of hydrogen-bond donors (Lipinski definition) is 1. The molecule has 0 aliphatic carbocycles. The maximum atomic E-state index is 13.7. The molecule has 0 saturated heterocycles. The Morgan fingerprint density at radius 2 is 2.13 bits per heavy atom. The molecule has 1 aromatic rings. The van der Waals surface area contributed by atoms with Crippen LogP contribution in [0.1, 0.15) is 30.9 Å². The highest BCUT2D eigenvalue weighted by atomic mass is 19.1. The van der Waals surface area contributed by atoms with Crippen molar-refractivity contribution in [1.29, 1.82) is 0 Å². The molecule has 0 heterocycles. The zero-order chi connectivity index (χ0) is 11.4. The fourth-order valence-corrected chi connectivity index (χ4v) is 1.58. The highest BCUT2D eigenvalue weighted by molar-refractivity contribution is 5.40. The number of rotatable bonds is 4. The molecular formula is C12H18FNO. The van der Waals surface area contributed by atoms with Gasteiger partial charge in [-0.1, -0.05) is 13.8 Å². The summed E-state index contributed by atoms with van der Waals surface area (Å²) in [5.41, 5.74) is 7.08. The molecule has 1 aromatic carbocycles. The van der Waals surface area contributed by atoms with Crippen LogP contribution in [-0.2, 0) is 6.42 Å². The third kappa shape index (κ3) is 2.48. The van der Waals surface area contributed by atoms with Crippen molar-refractivity contribution in [1.82, 2.24) is 0 Å². The van der Waals surface area contributed by atoms with Gasteiger partial charge in [-0.25, -0.2) is 4.39 Å². The van der Waals surface area contributed by atoms with Crippen LogP contribution in [0.3, 0.4) is 0 Å². The van der Waals surface area contributed by atoms with Crippen LogP contribution in [0.5, 0.6) is 5.75 Å². The van der Waals surface area contributed by atoms with E-state index in [1.807, 2.05) is 19.9 Å². The van der Waals surface area contributed by atoms with Crippen LogP contribution in [0.25, 0.3) is 0 Å². The first-order valence-corrected chi connectivity index (χ1v) is 5.20. The Kier molecular flexibility index (Phi) is 4.09. The maximum absolute atomic E-state index is 13.7. The minimum atomic E-state index is -0.202. The molecule has 15 heavy (non-hydrogen) atoms. The summed E-state index contributed by atoms with van der Waals surface area (Å²) < 4.78 is 18.8. The van der Waals surface area contributed by atoms with E-state index in [0.717, 1.165) is 5.56 Å². The first kappa shape index (κ1) is 12.0. The highest BCUT2D eigenvalue weighted by Gasteiger charge is 2.12. The average molecular weight is 211 g/mol. The fourth-order valence-electron chi connectivity index (χ4n) is 1.58. The van der Waals surface area contributed by atoms with Gasteiger partial charge in [0.1, 0.15) is 11.6 Å². The van der Waals surface area contributed by atoms with Crippen LogP contribution in [0.15, 0.2) is 12.1 Å². The van der Waals surface area contributed by atoms with Gasteiger partial charge in [0, 0.05) is 5.56 Å². The first-order chi connectivity index (χ1) is 7.13. The van der Waals surface area contributed by atoms with Gasteiger partial charge in [-0.2, -0.15) is 0 Å². The molecule has 0 aliphatic heterocycles. The first-order valence-electron chi connectivity index (χ1n) is 5.20. The van der Waals surface area contributed by atoms with E-state index >= 15 is 0 Å². The summed E-state index contributed by atoms with van der Waals surface area (Å²) in [6.07, 6.45) is 0.631. The van der Waals surface area contributed by atoms with E-state index < -0.39 is 0 Å². The monoisotopic (exact) mass is 211 g/mol. The average Bonchev–Trinajstić information content (AvgIpc) is 2.26. The summed E-state index contributed by atoms with van der Waals surface area (Å²) in [6.45, 7) is 4.39. The molecule has 1 rings (SSSR count). The van der Waals surface area contributed by atoms with E-state index in [-0.39, 0.29) is 11.7 Å². The molecule has 1 atom stereocenters. The van der Waals surface area contributed by atoms with Crippen LogP contribution in [0.4, 0.5) is 4.39 Å². The van der Waals surface area contributed by atoms with E-state index in [0.29, 0.717) is 24.3 Å². The van der Waals surface area contributed by atoms with Crippen molar-refractivity contribution in [3.8, 4) is 5.75 Å². The van der Waals surface area contributed by atoms with Gasteiger partial charge in [-0.15, -0.1) is 0 Å². The largest absolute Gasteiger partial charge is 0.496 e. The van der Waals surface area contributed by atoms with Crippen LogP contribution in [-0.4, -0.2) is 13.7 Å². The van der Waals surface area contributed by atoms with Crippen molar-refractivity contribution < 1.29 is 9.13 Å². The smallest absolute Gasteiger partial charge is 0.130 e. The lowest BCUT2D eigenvalue weighted by Gasteiger charge is -2.14. The second-order valence-electron chi connectivity index (χ2n) is 3.67. The Balaban J connectivity index is 3.19. The molecule has 0 aromatic heterocycles. The van der Waals surface area contributed by atoms with E-state index in [1.54, 1.807) is 13.2 Å². The number of hydrogen-bond acceptors (Lipinski definition) is 2. The Bertz CT molecular complexity index is 339. The van der Waals surface area contributed by atoms with Gasteiger partial charge in [0.2, 0.25) is 0 Å². The van der Waals surface area contributed by atoms with E-state index in [2.05, 4.69) is 0 Å². The lowest BCUT2D eigenvalue weighted by atomic mass is 9.98. The SMILES string of the molecule is CCc1c(F)cc(C(C)CN)cc1OC. The van der Waals surface area contributed by atoms with E-state index in [9.17, 15) is 4.39 Å².